The topological polar surface area (TPSA) is 67.2 Å². The zero-order valence-electron chi connectivity index (χ0n) is 15.9. The van der Waals surface area contributed by atoms with Crippen molar-refractivity contribution in [3.05, 3.63) is 36.3 Å². The molecule has 27 heavy (non-hydrogen) atoms. The third-order valence-corrected chi connectivity index (χ3v) is 7.36. The number of fused-ring (bicyclic) bond motifs is 1. The zero-order valence-corrected chi connectivity index (χ0v) is 16.7. The minimum Gasteiger partial charge on any atom is -0.371 e. The lowest BCUT2D eigenvalue weighted by Crippen LogP contribution is -2.32. The quantitative estimate of drug-likeness (QED) is 0.787. The summed E-state index contributed by atoms with van der Waals surface area (Å²) in [5.74, 6) is 0.577. The van der Waals surface area contributed by atoms with Gasteiger partial charge in [0.05, 0.1) is 29.7 Å². The number of imidazole rings is 1. The molecule has 7 heteroatoms. The minimum absolute atomic E-state index is 0.0894. The molecule has 0 radical (unpaired) electrons. The Bertz CT molecular complexity index is 906. The van der Waals surface area contributed by atoms with Crippen molar-refractivity contribution in [1.29, 1.82) is 0 Å². The molecule has 1 aromatic heterocycles. The Kier molecular flexibility index (Phi) is 5.23. The van der Waals surface area contributed by atoms with Gasteiger partial charge in [-0.2, -0.15) is 0 Å². The zero-order chi connectivity index (χ0) is 18.9. The summed E-state index contributed by atoms with van der Waals surface area (Å²) in [7, 11) is -2.83. The maximum atomic E-state index is 11.6. The summed E-state index contributed by atoms with van der Waals surface area (Å²) >= 11 is 0. The van der Waals surface area contributed by atoms with Crippen molar-refractivity contribution < 1.29 is 8.42 Å². The average molecular weight is 389 g/mol. The molecule has 6 nitrogen and oxygen atoms in total. The molecule has 0 bridgehead atoms. The predicted molar refractivity (Wildman–Crippen MR) is 109 cm³/mol. The third-order valence-electron chi connectivity index (χ3n) is 5.59. The van der Waals surface area contributed by atoms with Gasteiger partial charge in [-0.05, 0) is 37.0 Å². The molecular weight excluding hydrogens is 360 g/mol. The number of nitrogens with one attached hydrogen (secondary N) is 1. The minimum atomic E-state index is -2.83. The molecule has 2 aromatic rings. The van der Waals surface area contributed by atoms with E-state index in [1.165, 1.54) is 23.2 Å². The van der Waals surface area contributed by atoms with Crippen LogP contribution in [0.5, 0.6) is 0 Å². The number of sulfone groups is 1. The molecule has 0 saturated carbocycles. The Morgan fingerprint density at radius 2 is 2.19 bits per heavy atom. The normalized spacial score (nSPS) is 20.9. The van der Waals surface area contributed by atoms with Crippen LogP contribution in [0.25, 0.3) is 11.3 Å². The third kappa shape index (κ3) is 4.04. The van der Waals surface area contributed by atoms with Gasteiger partial charge in [0.1, 0.15) is 0 Å². The van der Waals surface area contributed by atoms with Gasteiger partial charge in [0.25, 0.3) is 0 Å². The highest BCUT2D eigenvalue weighted by Crippen LogP contribution is 2.32. The molecule has 0 spiro atoms. The molecule has 1 saturated heterocycles. The van der Waals surface area contributed by atoms with Gasteiger partial charge in [-0.1, -0.05) is 13.0 Å². The molecule has 1 atom stereocenters. The van der Waals surface area contributed by atoms with Crippen molar-refractivity contribution in [3.63, 3.8) is 0 Å². The van der Waals surface area contributed by atoms with Crippen molar-refractivity contribution in [2.75, 3.05) is 36.0 Å². The second kappa shape index (κ2) is 7.64. The fraction of sp³-hybridized carbons (Fsp3) is 0.550. The fourth-order valence-electron chi connectivity index (χ4n) is 4.22. The molecule has 1 N–H and O–H groups in total. The van der Waals surface area contributed by atoms with E-state index in [1.807, 2.05) is 12.5 Å². The first kappa shape index (κ1) is 18.5. The Morgan fingerprint density at radius 1 is 1.30 bits per heavy atom. The van der Waals surface area contributed by atoms with Crippen LogP contribution in [-0.4, -0.2) is 55.2 Å². The first-order valence-electron chi connectivity index (χ1n) is 9.88. The van der Waals surface area contributed by atoms with Gasteiger partial charge >= 0.3 is 0 Å². The molecule has 4 rings (SSSR count). The van der Waals surface area contributed by atoms with Crippen LogP contribution in [0, 0.1) is 0 Å². The van der Waals surface area contributed by atoms with Crippen LogP contribution in [0.4, 0.5) is 5.69 Å². The number of aromatic nitrogens is 2. The standard InChI is InChI=1S/C20H28N4O2S/c1-2-8-23-9-5-17-12-16(3-4-19(17)23)20-13-21-15-24(20)10-7-22-18-6-11-27(25,26)14-18/h3-4,12-13,15,18,22H,2,5-11,14H2,1H3. The first-order valence-corrected chi connectivity index (χ1v) is 11.7. The number of benzene rings is 1. The van der Waals surface area contributed by atoms with E-state index in [-0.39, 0.29) is 11.8 Å². The lowest BCUT2D eigenvalue weighted by Gasteiger charge is -2.18. The number of hydrogen-bond acceptors (Lipinski definition) is 5. The van der Waals surface area contributed by atoms with E-state index in [9.17, 15) is 8.42 Å². The molecule has 1 unspecified atom stereocenters. The molecular formula is C20H28N4O2S. The van der Waals surface area contributed by atoms with Crippen molar-refractivity contribution in [3.8, 4) is 11.3 Å². The van der Waals surface area contributed by atoms with Gasteiger partial charge in [-0.25, -0.2) is 13.4 Å². The molecule has 1 fully saturated rings. The van der Waals surface area contributed by atoms with E-state index in [0.29, 0.717) is 5.75 Å². The summed E-state index contributed by atoms with van der Waals surface area (Å²) in [6.45, 7) is 5.98. The smallest absolute Gasteiger partial charge is 0.151 e. The van der Waals surface area contributed by atoms with Crippen molar-refractivity contribution in [1.82, 2.24) is 14.9 Å². The Morgan fingerprint density at radius 3 is 2.96 bits per heavy atom. The van der Waals surface area contributed by atoms with Crippen molar-refractivity contribution >= 4 is 15.5 Å². The van der Waals surface area contributed by atoms with Crippen LogP contribution in [0.1, 0.15) is 25.3 Å². The number of nitrogens with zero attached hydrogens (tertiary/aromatic N) is 3. The van der Waals surface area contributed by atoms with Gasteiger partial charge in [0, 0.05) is 43.5 Å². The van der Waals surface area contributed by atoms with E-state index < -0.39 is 9.84 Å². The summed E-state index contributed by atoms with van der Waals surface area (Å²) in [6, 6.07) is 6.82. The van der Waals surface area contributed by atoms with Crippen LogP contribution in [0.3, 0.4) is 0 Å². The van der Waals surface area contributed by atoms with Crippen LogP contribution in [-0.2, 0) is 22.8 Å². The van der Waals surface area contributed by atoms with E-state index in [2.05, 4.69) is 44.9 Å². The summed E-state index contributed by atoms with van der Waals surface area (Å²) in [6.07, 6.45) is 6.77. The predicted octanol–water partition coefficient (Wildman–Crippen LogP) is 2.10. The summed E-state index contributed by atoms with van der Waals surface area (Å²) in [5.41, 5.74) is 5.11. The summed E-state index contributed by atoms with van der Waals surface area (Å²) in [5, 5.41) is 3.38. The molecule has 2 aliphatic heterocycles. The average Bonchev–Trinajstić information content (AvgIpc) is 3.34. The van der Waals surface area contributed by atoms with Gasteiger partial charge in [-0.3, -0.25) is 0 Å². The molecule has 146 valence electrons. The maximum absolute atomic E-state index is 11.6. The number of hydrogen-bond donors (Lipinski definition) is 1. The molecule has 1 aromatic carbocycles. The second-order valence-corrected chi connectivity index (χ2v) is 9.84. The Hall–Kier alpha value is -1.86. The second-order valence-electron chi connectivity index (χ2n) is 7.61. The van der Waals surface area contributed by atoms with E-state index in [1.54, 1.807) is 0 Å². The lowest BCUT2D eigenvalue weighted by atomic mass is 10.1. The molecule has 0 amide bonds. The van der Waals surface area contributed by atoms with Crippen LogP contribution >= 0.6 is 0 Å². The number of anilines is 1. The first-order chi connectivity index (χ1) is 13.1. The largest absolute Gasteiger partial charge is 0.371 e. The lowest BCUT2D eigenvalue weighted by molar-refractivity contribution is 0.521. The van der Waals surface area contributed by atoms with Crippen LogP contribution < -0.4 is 10.2 Å². The molecule has 0 aliphatic carbocycles. The van der Waals surface area contributed by atoms with Gasteiger partial charge in [0.2, 0.25) is 0 Å². The SMILES string of the molecule is CCCN1CCc2cc(-c3cncn3CCNC3CCS(=O)(=O)C3)ccc21. The summed E-state index contributed by atoms with van der Waals surface area (Å²) in [4.78, 5) is 6.81. The van der Waals surface area contributed by atoms with E-state index in [4.69, 9.17) is 0 Å². The Labute approximate surface area is 161 Å². The van der Waals surface area contributed by atoms with Crippen LogP contribution in [0.2, 0.25) is 0 Å². The van der Waals surface area contributed by atoms with Crippen molar-refractivity contribution in [2.24, 2.45) is 0 Å². The Balaban J connectivity index is 1.42. The highest BCUT2D eigenvalue weighted by atomic mass is 32.2. The van der Waals surface area contributed by atoms with Gasteiger partial charge in [-0.15, -0.1) is 0 Å². The van der Waals surface area contributed by atoms with Gasteiger partial charge in [0.15, 0.2) is 9.84 Å². The summed E-state index contributed by atoms with van der Waals surface area (Å²) < 4.78 is 25.3. The van der Waals surface area contributed by atoms with Crippen LogP contribution in [0.15, 0.2) is 30.7 Å². The van der Waals surface area contributed by atoms with E-state index in [0.717, 1.165) is 44.7 Å². The maximum Gasteiger partial charge on any atom is 0.151 e. The highest BCUT2D eigenvalue weighted by Gasteiger charge is 2.27. The molecule has 3 heterocycles. The van der Waals surface area contributed by atoms with Gasteiger partial charge < -0.3 is 14.8 Å². The highest BCUT2D eigenvalue weighted by molar-refractivity contribution is 7.91. The number of rotatable bonds is 7. The van der Waals surface area contributed by atoms with E-state index >= 15 is 0 Å². The fourth-order valence-corrected chi connectivity index (χ4v) is 5.92. The monoisotopic (exact) mass is 388 g/mol. The van der Waals surface area contributed by atoms with Crippen molar-refractivity contribution in [2.45, 2.75) is 38.8 Å². The molecule has 2 aliphatic rings.